The monoisotopic (exact) mass is 284 g/mol. The molecule has 0 aliphatic carbocycles. The largest absolute Gasteiger partial charge is 0.459 e. The summed E-state index contributed by atoms with van der Waals surface area (Å²) in [5.41, 5.74) is 0.801. The van der Waals surface area contributed by atoms with Gasteiger partial charge in [0.1, 0.15) is 17.0 Å². The number of hydrogen-bond donors (Lipinski definition) is 1. The van der Waals surface area contributed by atoms with Crippen LogP contribution in [0.2, 0.25) is 0 Å². The molecule has 2 aromatic heterocycles. The van der Waals surface area contributed by atoms with Gasteiger partial charge in [-0.2, -0.15) is 4.39 Å². The highest BCUT2D eigenvalue weighted by Gasteiger charge is 2.16. The molecule has 0 radical (unpaired) electrons. The van der Waals surface area contributed by atoms with Gasteiger partial charge in [-0.15, -0.1) is 0 Å². The van der Waals surface area contributed by atoms with Crippen LogP contribution in [0.25, 0.3) is 11.0 Å². The van der Waals surface area contributed by atoms with Gasteiger partial charge < -0.3 is 9.73 Å². The summed E-state index contributed by atoms with van der Waals surface area (Å²) in [5.74, 6) is -0.484. The van der Waals surface area contributed by atoms with Crippen molar-refractivity contribution >= 4 is 16.9 Å². The zero-order chi connectivity index (χ0) is 14.8. The van der Waals surface area contributed by atoms with Crippen molar-refractivity contribution in [3.8, 4) is 0 Å². The number of halogens is 1. The lowest BCUT2D eigenvalue weighted by atomic mass is 10.2. The molecule has 3 aromatic rings. The first kappa shape index (κ1) is 13.3. The van der Waals surface area contributed by atoms with Crippen molar-refractivity contribution in [2.45, 2.75) is 13.0 Å². The number of amides is 1. The van der Waals surface area contributed by atoms with Gasteiger partial charge in [-0.3, -0.25) is 4.79 Å². The molecule has 2 heterocycles. The highest BCUT2D eigenvalue weighted by Crippen LogP contribution is 2.23. The average molecular weight is 284 g/mol. The zero-order valence-corrected chi connectivity index (χ0v) is 11.3. The third-order valence-electron chi connectivity index (χ3n) is 3.17. The normalized spacial score (nSPS) is 12.3. The Morgan fingerprint density at radius 3 is 2.81 bits per heavy atom. The summed E-state index contributed by atoms with van der Waals surface area (Å²) in [7, 11) is 0. The number of carbonyl (C=O) groups excluding carboxylic acids is 1. The second-order valence-corrected chi connectivity index (χ2v) is 4.73. The number of furan rings is 1. The minimum Gasteiger partial charge on any atom is -0.459 e. The maximum atomic E-state index is 13.0. The SMILES string of the molecule is CC(NC(=O)c1cccc(F)n1)c1cc2ccccc2o1. The number of carbonyl (C=O) groups is 1. The van der Waals surface area contributed by atoms with Gasteiger partial charge >= 0.3 is 0 Å². The Labute approximate surface area is 120 Å². The van der Waals surface area contributed by atoms with Crippen LogP contribution < -0.4 is 5.32 Å². The Morgan fingerprint density at radius 2 is 2.05 bits per heavy atom. The Hall–Kier alpha value is -2.69. The standard InChI is InChI=1S/C16H13FN2O2/c1-10(14-9-11-5-2-3-7-13(11)21-14)18-16(20)12-6-4-8-15(17)19-12/h2-10H,1H3,(H,18,20). The van der Waals surface area contributed by atoms with E-state index in [-0.39, 0.29) is 11.7 Å². The predicted molar refractivity (Wildman–Crippen MR) is 76.3 cm³/mol. The molecular weight excluding hydrogens is 271 g/mol. The molecule has 106 valence electrons. The van der Waals surface area contributed by atoms with Gasteiger partial charge in [0.25, 0.3) is 5.91 Å². The van der Waals surface area contributed by atoms with Gasteiger partial charge in [-0.05, 0) is 31.2 Å². The molecule has 3 rings (SSSR count). The predicted octanol–water partition coefficient (Wildman–Crippen LogP) is 3.46. The summed E-state index contributed by atoms with van der Waals surface area (Å²) < 4.78 is 18.7. The second kappa shape index (κ2) is 5.36. The van der Waals surface area contributed by atoms with Crippen LogP contribution in [0.15, 0.2) is 52.9 Å². The summed E-state index contributed by atoms with van der Waals surface area (Å²) in [6.07, 6.45) is 0. The Bertz CT molecular complexity index is 765. The summed E-state index contributed by atoms with van der Waals surface area (Å²) >= 11 is 0. The van der Waals surface area contributed by atoms with Crippen LogP contribution in [0.3, 0.4) is 0 Å². The van der Waals surface area contributed by atoms with Gasteiger partial charge in [-0.1, -0.05) is 24.3 Å². The van der Waals surface area contributed by atoms with E-state index in [1.807, 2.05) is 30.3 Å². The topological polar surface area (TPSA) is 55.1 Å². The van der Waals surface area contributed by atoms with Crippen molar-refractivity contribution in [3.05, 3.63) is 65.9 Å². The molecule has 1 unspecified atom stereocenters. The lowest BCUT2D eigenvalue weighted by Gasteiger charge is -2.10. The molecule has 1 aromatic carbocycles. The van der Waals surface area contributed by atoms with Crippen molar-refractivity contribution in [1.82, 2.24) is 10.3 Å². The van der Waals surface area contributed by atoms with E-state index in [9.17, 15) is 9.18 Å². The first-order chi connectivity index (χ1) is 10.1. The molecule has 21 heavy (non-hydrogen) atoms. The zero-order valence-electron chi connectivity index (χ0n) is 11.3. The Morgan fingerprint density at radius 1 is 1.24 bits per heavy atom. The van der Waals surface area contributed by atoms with E-state index in [2.05, 4.69) is 10.3 Å². The number of benzene rings is 1. The van der Waals surface area contributed by atoms with Gasteiger partial charge in [0, 0.05) is 5.39 Å². The summed E-state index contributed by atoms with van der Waals surface area (Å²) in [6.45, 7) is 1.80. The van der Waals surface area contributed by atoms with Crippen molar-refractivity contribution in [2.24, 2.45) is 0 Å². The summed E-state index contributed by atoms with van der Waals surface area (Å²) in [5, 5.41) is 3.71. The number of rotatable bonds is 3. The fraction of sp³-hybridized carbons (Fsp3) is 0.125. The third-order valence-corrected chi connectivity index (χ3v) is 3.17. The van der Waals surface area contributed by atoms with Crippen molar-refractivity contribution < 1.29 is 13.6 Å². The van der Waals surface area contributed by atoms with E-state index in [4.69, 9.17) is 4.42 Å². The average Bonchev–Trinajstić information content (AvgIpc) is 2.91. The summed E-state index contributed by atoms with van der Waals surface area (Å²) in [4.78, 5) is 15.6. The molecule has 0 fully saturated rings. The smallest absolute Gasteiger partial charge is 0.270 e. The summed E-state index contributed by atoms with van der Waals surface area (Å²) in [6, 6.07) is 13.2. The number of fused-ring (bicyclic) bond motifs is 1. The maximum absolute atomic E-state index is 13.0. The fourth-order valence-corrected chi connectivity index (χ4v) is 2.09. The highest BCUT2D eigenvalue weighted by molar-refractivity contribution is 5.92. The van der Waals surface area contributed by atoms with E-state index in [0.29, 0.717) is 5.76 Å². The Kier molecular flexibility index (Phi) is 3.39. The van der Waals surface area contributed by atoms with Crippen LogP contribution in [0, 0.1) is 5.95 Å². The molecule has 4 nitrogen and oxygen atoms in total. The first-order valence-electron chi connectivity index (χ1n) is 6.55. The van der Waals surface area contributed by atoms with E-state index < -0.39 is 11.9 Å². The van der Waals surface area contributed by atoms with Crippen molar-refractivity contribution in [2.75, 3.05) is 0 Å². The Balaban J connectivity index is 1.79. The van der Waals surface area contributed by atoms with Crippen LogP contribution >= 0.6 is 0 Å². The molecular formula is C16H13FN2O2. The quantitative estimate of drug-likeness (QED) is 0.749. The number of aromatic nitrogens is 1. The van der Waals surface area contributed by atoms with Gasteiger partial charge in [0.05, 0.1) is 6.04 Å². The van der Waals surface area contributed by atoms with Crippen LogP contribution in [0.1, 0.15) is 29.2 Å². The van der Waals surface area contributed by atoms with E-state index in [0.717, 1.165) is 11.0 Å². The first-order valence-corrected chi connectivity index (χ1v) is 6.55. The van der Waals surface area contributed by atoms with Crippen LogP contribution in [-0.2, 0) is 0 Å². The third kappa shape index (κ3) is 2.76. The van der Waals surface area contributed by atoms with E-state index in [1.165, 1.54) is 18.2 Å². The van der Waals surface area contributed by atoms with Crippen LogP contribution in [-0.4, -0.2) is 10.9 Å². The maximum Gasteiger partial charge on any atom is 0.270 e. The lowest BCUT2D eigenvalue weighted by Crippen LogP contribution is -2.27. The van der Waals surface area contributed by atoms with Gasteiger partial charge in [0.15, 0.2) is 0 Å². The molecule has 0 aliphatic heterocycles. The molecule has 0 spiro atoms. The minimum atomic E-state index is -0.681. The minimum absolute atomic E-state index is 0.0398. The molecule has 5 heteroatoms. The fourth-order valence-electron chi connectivity index (χ4n) is 2.09. The molecule has 1 atom stereocenters. The van der Waals surface area contributed by atoms with Gasteiger partial charge in [-0.25, -0.2) is 4.98 Å². The number of para-hydroxylation sites is 1. The second-order valence-electron chi connectivity index (χ2n) is 4.73. The number of nitrogens with one attached hydrogen (secondary N) is 1. The van der Waals surface area contributed by atoms with E-state index >= 15 is 0 Å². The van der Waals surface area contributed by atoms with Gasteiger partial charge in [0.2, 0.25) is 5.95 Å². The van der Waals surface area contributed by atoms with Crippen LogP contribution in [0.5, 0.6) is 0 Å². The van der Waals surface area contributed by atoms with Crippen molar-refractivity contribution in [1.29, 1.82) is 0 Å². The molecule has 0 saturated carbocycles. The molecule has 0 bridgehead atoms. The number of pyridine rings is 1. The molecule has 1 N–H and O–H groups in total. The lowest BCUT2D eigenvalue weighted by molar-refractivity contribution is 0.0929. The van der Waals surface area contributed by atoms with Crippen LogP contribution in [0.4, 0.5) is 4.39 Å². The van der Waals surface area contributed by atoms with Crippen molar-refractivity contribution in [3.63, 3.8) is 0 Å². The number of nitrogens with zero attached hydrogens (tertiary/aromatic N) is 1. The highest BCUT2D eigenvalue weighted by atomic mass is 19.1. The molecule has 1 amide bonds. The molecule has 0 aliphatic rings. The molecule has 0 saturated heterocycles. The number of hydrogen-bond acceptors (Lipinski definition) is 3. The van der Waals surface area contributed by atoms with E-state index in [1.54, 1.807) is 6.92 Å².